The number of hydrogen-bond acceptors (Lipinski definition) is 2. The summed E-state index contributed by atoms with van der Waals surface area (Å²) in [4.78, 5) is 15.3. The molecular formula is C16H32N2O. The van der Waals surface area contributed by atoms with Crippen LogP contribution < -0.4 is 5.32 Å². The van der Waals surface area contributed by atoms with Gasteiger partial charge in [0.25, 0.3) is 0 Å². The zero-order valence-corrected chi connectivity index (χ0v) is 13.5. The first-order valence-corrected chi connectivity index (χ1v) is 8.01. The minimum Gasteiger partial charge on any atom is -0.339 e. The Bertz CT molecular complexity index is 282. The highest BCUT2D eigenvalue weighted by Crippen LogP contribution is 2.37. The van der Waals surface area contributed by atoms with Crippen molar-refractivity contribution in [3.8, 4) is 0 Å². The van der Waals surface area contributed by atoms with Gasteiger partial charge >= 0.3 is 0 Å². The van der Waals surface area contributed by atoms with Gasteiger partial charge in [-0.3, -0.25) is 4.79 Å². The smallest absolute Gasteiger partial charge is 0.230 e. The molecule has 0 aliphatic carbocycles. The molecule has 1 aliphatic heterocycles. The lowest BCUT2D eigenvalue weighted by molar-refractivity contribution is -0.146. The second-order valence-corrected chi connectivity index (χ2v) is 6.35. The van der Waals surface area contributed by atoms with Crippen LogP contribution in [0.1, 0.15) is 60.3 Å². The largest absolute Gasteiger partial charge is 0.339 e. The van der Waals surface area contributed by atoms with Gasteiger partial charge in [-0.1, -0.05) is 34.1 Å². The topological polar surface area (TPSA) is 32.3 Å². The van der Waals surface area contributed by atoms with Crippen LogP contribution in [0.3, 0.4) is 0 Å². The predicted molar refractivity (Wildman–Crippen MR) is 81.1 cm³/mol. The molecule has 0 bridgehead atoms. The van der Waals surface area contributed by atoms with E-state index in [9.17, 15) is 4.79 Å². The zero-order valence-electron chi connectivity index (χ0n) is 13.5. The molecular weight excluding hydrogens is 236 g/mol. The van der Waals surface area contributed by atoms with Gasteiger partial charge in [-0.2, -0.15) is 0 Å². The van der Waals surface area contributed by atoms with Crippen molar-refractivity contribution in [3.63, 3.8) is 0 Å². The number of nitrogens with one attached hydrogen (secondary N) is 1. The highest BCUT2D eigenvalue weighted by atomic mass is 16.2. The number of nitrogens with zero attached hydrogens (tertiary/aromatic N) is 1. The van der Waals surface area contributed by atoms with Gasteiger partial charge in [0.1, 0.15) is 0 Å². The maximum Gasteiger partial charge on any atom is 0.230 e. The monoisotopic (exact) mass is 268 g/mol. The van der Waals surface area contributed by atoms with E-state index in [0.29, 0.717) is 17.9 Å². The Morgan fingerprint density at radius 1 is 1.32 bits per heavy atom. The minimum absolute atomic E-state index is 0.169. The van der Waals surface area contributed by atoms with Crippen LogP contribution in [0.25, 0.3) is 0 Å². The third-order valence-corrected chi connectivity index (χ3v) is 4.86. The van der Waals surface area contributed by atoms with Gasteiger partial charge < -0.3 is 10.2 Å². The minimum atomic E-state index is -0.169. The molecule has 1 aliphatic rings. The molecule has 112 valence electrons. The summed E-state index contributed by atoms with van der Waals surface area (Å²) in [7, 11) is 0. The number of carbonyl (C=O) groups excluding carboxylic acids is 1. The van der Waals surface area contributed by atoms with E-state index < -0.39 is 0 Å². The first-order valence-electron chi connectivity index (χ1n) is 8.01. The number of amides is 1. The van der Waals surface area contributed by atoms with Crippen LogP contribution in [0.5, 0.6) is 0 Å². The van der Waals surface area contributed by atoms with Crippen LogP contribution in [0.2, 0.25) is 0 Å². The molecule has 0 spiro atoms. The third-order valence-electron chi connectivity index (χ3n) is 4.86. The van der Waals surface area contributed by atoms with Gasteiger partial charge in [0.05, 0.1) is 5.41 Å². The molecule has 0 aromatic rings. The molecule has 1 rings (SSSR count). The SMILES string of the molecule is CCCCN(C(=O)C1(C(C)C)CCNC1)C(C)CC. The molecule has 2 unspecified atom stereocenters. The molecule has 0 saturated carbocycles. The van der Waals surface area contributed by atoms with Crippen molar-refractivity contribution in [3.05, 3.63) is 0 Å². The first-order chi connectivity index (χ1) is 8.99. The lowest BCUT2D eigenvalue weighted by Gasteiger charge is -2.39. The molecule has 3 heteroatoms. The Kier molecular flexibility index (Phi) is 6.31. The molecule has 1 amide bonds. The number of rotatable bonds is 7. The maximum absolute atomic E-state index is 13.1. The number of hydrogen-bond donors (Lipinski definition) is 1. The van der Waals surface area contributed by atoms with E-state index >= 15 is 0 Å². The summed E-state index contributed by atoms with van der Waals surface area (Å²) in [5.41, 5.74) is -0.169. The molecule has 3 nitrogen and oxygen atoms in total. The Morgan fingerprint density at radius 3 is 2.42 bits per heavy atom. The molecule has 0 aromatic carbocycles. The van der Waals surface area contributed by atoms with Crippen molar-refractivity contribution in [2.75, 3.05) is 19.6 Å². The van der Waals surface area contributed by atoms with E-state index in [1.807, 2.05) is 0 Å². The van der Waals surface area contributed by atoms with Gasteiger partial charge in [0.2, 0.25) is 5.91 Å². The van der Waals surface area contributed by atoms with Crippen LogP contribution in [-0.4, -0.2) is 36.5 Å². The Morgan fingerprint density at radius 2 is 2.00 bits per heavy atom. The molecule has 0 aromatic heterocycles. The fraction of sp³-hybridized carbons (Fsp3) is 0.938. The second kappa shape index (κ2) is 7.28. The van der Waals surface area contributed by atoms with E-state index in [1.165, 1.54) is 0 Å². The normalized spacial score (nSPS) is 24.7. The molecule has 19 heavy (non-hydrogen) atoms. The molecule has 1 saturated heterocycles. The Labute approximate surface area is 119 Å². The van der Waals surface area contributed by atoms with Gasteiger partial charge in [-0.15, -0.1) is 0 Å². The van der Waals surface area contributed by atoms with E-state index in [2.05, 4.69) is 44.8 Å². The number of carbonyl (C=O) groups is 1. The summed E-state index contributed by atoms with van der Waals surface area (Å²) >= 11 is 0. The van der Waals surface area contributed by atoms with Gasteiger partial charge in [-0.25, -0.2) is 0 Å². The zero-order chi connectivity index (χ0) is 14.5. The van der Waals surface area contributed by atoms with Gasteiger partial charge in [-0.05, 0) is 38.6 Å². The highest BCUT2D eigenvalue weighted by Gasteiger charge is 2.46. The molecule has 0 radical (unpaired) electrons. The Balaban J connectivity index is 2.89. The van der Waals surface area contributed by atoms with Crippen molar-refractivity contribution in [2.45, 2.75) is 66.3 Å². The third kappa shape index (κ3) is 3.50. The lowest BCUT2D eigenvalue weighted by Crippen LogP contribution is -2.51. The summed E-state index contributed by atoms with van der Waals surface area (Å²) in [5.74, 6) is 0.790. The summed E-state index contributed by atoms with van der Waals surface area (Å²) in [6.45, 7) is 13.7. The standard InChI is InChI=1S/C16H32N2O/c1-6-8-11-18(14(5)7-2)15(19)16(13(3)4)9-10-17-12-16/h13-14,17H,6-12H2,1-5H3. The van der Waals surface area contributed by atoms with Crippen LogP contribution >= 0.6 is 0 Å². The Hall–Kier alpha value is -0.570. The van der Waals surface area contributed by atoms with Crippen LogP contribution in [0, 0.1) is 11.3 Å². The summed E-state index contributed by atoms with van der Waals surface area (Å²) < 4.78 is 0. The second-order valence-electron chi connectivity index (χ2n) is 6.35. The summed E-state index contributed by atoms with van der Waals surface area (Å²) in [6, 6.07) is 0.357. The van der Waals surface area contributed by atoms with E-state index in [-0.39, 0.29) is 5.41 Å². The summed E-state index contributed by atoms with van der Waals surface area (Å²) in [5, 5.41) is 3.40. The van der Waals surface area contributed by atoms with Gasteiger partial charge in [0, 0.05) is 19.1 Å². The van der Waals surface area contributed by atoms with Crippen LogP contribution in [0.4, 0.5) is 0 Å². The number of unbranched alkanes of at least 4 members (excludes halogenated alkanes) is 1. The molecule has 1 heterocycles. The fourth-order valence-corrected chi connectivity index (χ4v) is 2.99. The van der Waals surface area contributed by atoms with E-state index in [4.69, 9.17) is 0 Å². The van der Waals surface area contributed by atoms with Crippen molar-refractivity contribution in [2.24, 2.45) is 11.3 Å². The van der Waals surface area contributed by atoms with E-state index in [1.54, 1.807) is 0 Å². The maximum atomic E-state index is 13.1. The van der Waals surface area contributed by atoms with Crippen LogP contribution in [-0.2, 0) is 4.79 Å². The van der Waals surface area contributed by atoms with Crippen LogP contribution in [0.15, 0.2) is 0 Å². The van der Waals surface area contributed by atoms with Gasteiger partial charge in [0.15, 0.2) is 0 Å². The highest BCUT2D eigenvalue weighted by molar-refractivity contribution is 5.84. The quantitative estimate of drug-likeness (QED) is 0.769. The van der Waals surface area contributed by atoms with Crippen molar-refractivity contribution in [1.29, 1.82) is 0 Å². The van der Waals surface area contributed by atoms with Crippen molar-refractivity contribution in [1.82, 2.24) is 10.2 Å². The van der Waals surface area contributed by atoms with Crippen molar-refractivity contribution >= 4 is 5.91 Å². The van der Waals surface area contributed by atoms with Crippen molar-refractivity contribution < 1.29 is 4.79 Å². The predicted octanol–water partition coefficient (Wildman–Crippen LogP) is 3.05. The fourth-order valence-electron chi connectivity index (χ4n) is 2.99. The molecule has 1 fully saturated rings. The molecule has 1 N–H and O–H groups in total. The lowest BCUT2D eigenvalue weighted by atomic mass is 9.75. The average molecular weight is 268 g/mol. The average Bonchev–Trinajstić information content (AvgIpc) is 2.89. The van der Waals surface area contributed by atoms with E-state index in [0.717, 1.165) is 45.3 Å². The summed E-state index contributed by atoms with van der Waals surface area (Å²) in [6.07, 6.45) is 4.28. The molecule has 2 atom stereocenters. The first kappa shape index (κ1) is 16.5.